The highest BCUT2D eigenvalue weighted by molar-refractivity contribution is 5.22. The molecule has 1 fully saturated rings. The van der Waals surface area contributed by atoms with Crippen molar-refractivity contribution < 1.29 is 19.3 Å². The van der Waals surface area contributed by atoms with Crippen LogP contribution in [0.15, 0.2) is 18.5 Å². The molecule has 0 radical (unpaired) electrons. The molecule has 1 unspecified atom stereocenters. The topological polar surface area (TPSA) is 60.8 Å². The standard InChI is InChI=1S/C13H19NO4/c15-4-6-16-12-7-11(8-14-9-12)10-18-13-3-1-2-5-17-13/h7-9,13,15H,1-6,10H2. The first kappa shape index (κ1) is 13.3. The van der Waals surface area contributed by atoms with E-state index in [1.807, 2.05) is 6.07 Å². The highest BCUT2D eigenvalue weighted by atomic mass is 16.7. The van der Waals surface area contributed by atoms with Gasteiger partial charge in [-0.3, -0.25) is 4.98 Å². The van der Waals surface area contributed by atoms with E-state index in [0.29, 0.717) is 12.4 Å². The Morgan fingerprint density at radius 3 is 3.11 bits per heavy atom. The average molecular weight is 253 g/mol. The molecule has 2 heterocycles. The van der Waals surface area contributed by atoms with Crippen molar-refractivity contribution >= 4 is 0 Å². The predicted octanol–water partition coefficient (Wildman–Crippen LogP) is 1.50. The smallest absolute Gasteiger partial charge is 0.158 e. The molecule has 1 aromatic rings. The molecular formula is C13H19NO4. The van der Waals surface area contributed by atoms with Crippen molar-refractivity contribution in [3.8, 4) is 5.75 Å². The second kappa shape index (κ2) is 7.31. The van der Waals surface area contributed by atoms with E-state index < -0.39 is 0 Å². The number of nitrogens with zero attached hydrogens (tertiary/aromatic N) is 1. The van der Waals surface area contributed by atoms with Crippen molar-refractivity contribution in [1.82, 2.24) is 4.98 Å². The number of hydrogen-bond donors (Lipinski definition) is 1. The summed E-state index contributed by atoms with van der Waals surface area (Å²) in [5, 5.41) is 8.68. The second-order valence-corrected chi connectivity index (χ2v) is 4.21. The monoisotopic (exact) mass is 253 g/mol. The maximum Gasteiger partial charge on any atom is 0.158 e. The van der Waals surface area contributed by atoms with Crippen LogP contribution >= 0.6 is 0 Å². The van der Waals surface area contributed by atoms with E-state index in [-0.39, 0.29) is 19.5 Å². The number of aliphatic hydroxyl groups excluding tert-OH is 1. The van der Waals surface area contributed by atoms with Gasteiger partial charge in [-0.05, 0) is 30.9 Å². The lowest BCUT2D eigenvalue weighted by atomic mass is 10.2. The molecule has 1 N–H and O–H groups in total. The zero-order valence-corrected chi connectivity index (χ0v) is 10.4. The zero-order chi connectivity index (χ0) is 12.6. The van der Waals surface area contributed by atoms with Crippen molar-refractivity contribution in [2.75, 3.05) is 19.8 Å². The van der Waals surface area contributed by atoms with Crippen LogP contribution in [0.4, 0.5) is 0 Å². The normalized spacial score (nSPS) is 19.7. The third-order valence-corrected chi connectivity index (χ3v) is 2.70. The first-order valence-electron chi connectivity index (χ1n) is 6.29. The molecule has 0 bridgehead atoms. The van der Waals surface area contributed by atoms with Crippen LogP contribution < -0.4 is 4.74 Å². The summed E-state index contributed by atoms with van der Waals surface area (Å²) in [5.74, 6) is 0.648. The predicted molar refractivity (Wildman–Crippen MR) is 65.2 cm³/mol. The Balaban J connectivity index is 1.80. The van der Waals surface area contributed by atoms with Crippen molar-refractivity contribution in [1.29, 1.82) is 0 Å². The van der Waals surface area contributed by atoms with Gasteiger partial charge >= 0.3 is 0 Å². The number of hydrogen-bond acceptors (Lipinski definition) is 5. The lowest BCUT2D eigenvalue weighted by Crippen LogP contribution is -2.22. The Kier molecular flexibility index (Phi) is 5.38. The molecule has 1 aliphatic rings. The van der Waals surface area contributed by atoms with Crippen LogP contribution in [0.5, 0.6) is 5.75 Å². The molecule has 0 saturated carbocycles. The Bertz CT molecular complexity index is 353. The fourth-order valence-corrected chi connectivity index (χ4v) is 1.82. The van der Waals surface area contributed by atoms with E-state index in [1.54, 1.807) is 12.4 Å². The van der Waals surface area contributed by atoms with Crippen LogP contribution in [-0.2, 0) is 16.1 Å². The van der Waals surface area contributed by atoms with Crippen LogP contribution in [-0.4, -0.2) is 36.2 Å². The number of aliphatic hydroxyl groups is 1. The summed E-state index contributed by atoms with van der Waals surface area (Å²) in [6, 6.07) is 1.87. The average Bonchev–Trinajstić information content (AvgIpc) is 2.44. The van der Waals surface area contributed by atoms with Gasteiger partial charge in [0.05, 0.1) is 19.4 Å². The molecule has 2 rings (SSSR count). The molecule has 1 aromatic heterocycles. The van der Waals surface area contributed by atoms with E-state index in [4.69, 9.17) is 19.3 Å². The summed E-state index contributed by atoms with van der Waals surface area (Å²) in [6.07, 6.45) is 6.49. The molecule has 0 aromatic carbocycles. The van der Waals surface area contributed by atoms with E-state index >= 15 is 0 Å². The Morgan fingerprint density at radius 1 is 1.39 bits per heavy atom. The van der Waals surface area contributed by atoms with Crippen molar-refractivity contribution in [3.05, 3.63) is 24.0 Å². The Morgan fingerprint density at radius 2 is 2.33 bits per heavy atom. The molecular weight excluding hydrogens is 234 g/mol. The molecule has 0 amide bonds. The van der Waals surface area contributed by atoms with Gasteiger partial charge in [-0.15, -0.1) is 0 Å². The van der Waals surface area contributed by atoms with Gasteiger partial charge in [-0.1, -0.05) is 0 Å². The molecule has 1 aliphatic heterocycles. The summed E-state index contributed by atoms with van der Waals surface area (Å²) in [6.45, 7) is 1.52. The minimum Gasteiger partial charge on any atom is -0.490 e. The van der Waals surface area contributed by atoms with E-state index in [0.717, 1.165) is 31.4 Å². The fraction of sp³-hybridized carbons (Fsp3) is 0.615. The first-order valence-corrected chi connectivity index (χ1v) is 6.29. The Hall–Kier alpha value is -1.17. The summed E-state index contributed by atoms with van der Waals surface area (Å²) in [7, 11) is 0. The number of pyridine rings is 1. The quantitative estimate of drug-likeness (QED) is 0.832. The number of ether oxygens (including phenoxy) is 3. The molecule has 0 aliphatic carbocycles. The molecule has 18 heavy (non-hydrogen) atoms. The minimum atomic E-state index is -0.0965. The molecule has 1 saturated heterocycles. The summed E-state index contributed by atoms with van der Waals surface area (Å²) >= 11 is 0. The van der Waals surface area contributed by atoms with Crippen LogP contribution in [0.3, 0.4) is 0 Å². The summed E-state index contributed by atoms with van der Waals surface area (Å²) in [4.78, 5) is 4.07. The van der Waals surface area contributed by atoms with Gasteiger partial charge < -0.3 is 19.3 Å². The van der Waals surface area contributed by atoms with E-state index in [1.165, 1.54) is 0 Å². The lowest BCUT2D eigenvalue weighted by molar-refractivity contribution is -0.169. The van der Waals surface area contributed by atoms with Crippen LogP contribution in [0, 0.1) is 0 Å². The first-order chi connectivity index (χ1) is 8.88. The van der Waals surface area contributed by atoms with Gasteiger partial charge in [-0.2, -0.15) is 0 Å². The van der Waals surface area contributed by atoms with Gasteiger partial charge in [0.2, 0.25) is 0 Å². The maximum absolute atomic E-state index is 8.68. The summed E-state index contributed by atoms with van der Waals surface area (Å²) in [5.41, 5.74) is 0.944. The third kappa shape index (κ3) is 4.25. The van der Waals surface area contributed by atoms with Gasteiger partial charge in [-0.25, -0.2) is 0 Å². The second-order valence-electron chi connectivity index (χ2n) is 4.21. The minimum absolute atomic E-state index is 0.00333. The van der Waals surface area contributed by atoms with Gasteiger partial charge in [0.1, 0.15) is 12.4 Å². The van der Waals surface area contributed by atoms with Crippen LogP contribution in [0.25, 0.3) is 0 Å². The highest BCUT2D eigenvalue weighted by Crippen LogP contribution is 2.17. The third-order valence-electron chi connectivity index (χ3n) is 2.70. The van der Waals surface area contributed by atoms with E-state index in [9.17, 15) is 0 Å². The van der Waals surface area contributed by atoms with Gasteiger partial charge in [0, 0.05) is 12.8 Å². The van der Waals surface area contributed by atoms with Crippen molar-refractivity contribution in [3.63, 3.8) is 0 Å². The van der Waals surface area contributed by atoms with Crippen LogP contribution in [0.2, 0.25) is 0 Å². The van der Waals surface area contributed by atoms with E-state index in [2.05, 4.69) is 4.98 Å². The highest BCUT2D eigenvalue weighted by Gasteiger charge is 2.14. The zero-order valence-electron chi connectivity index (χ0n) is 10.4. The summed E-state index contributed by atoms with van der Waals surface area (Å²) < 4.78 is 16.4. The van der Waals surface area contributed by atoms with Gasteiger partial charge in [0.15, 0.2) is 6.29 Å². The van der Waals surface area contributed by atoms with Crippen molar-refractivity contribution in [2.24, 2.45) is 0 Å². The largest absolute Gasteiger partial charge is 0.490 e. The molecule has 5 nitrogen and oxygen atoms in total. The molecule has 1 atom stereocenters. The number of rotatable bonds is 6. The lowest BCUT2D eigenvalue weighted by Gasteiger charge is -2.22. The molecule has 100 valence electrons. The molecule has 0 spiro atoms. The number of aromatic nitrogens is 1. The fourth-order valence-electron chi connectivity index (χ4n) is 1.82. The van der Waals surface area contributed by atoms with Gasteiger partial charge in [0.25, 0.3) is 0 Å². The Labute approximate surface area is 107 Å². The van der Waals surface area contributed by atoms with Crippen LogP contribution in [0.1, 0.15) is 24.8 Å². The SMILES string of the molecule is OCCOc1cncc(COC2CCCCO2)c1. The molecule has 5 heteroatoms. The van der Waals surface area contributed by atoms with Crippen molar-refractivity contribution in [2.45, 2.75) is 32.2 Å². The maximum atomic E-state index is 8.68.